The summed E-state index contributed by atoms with van der Waals surface area (Å²) in [6.45, 7) is 2.58. The zero-order valence-corrected chi connectivity index (χ0v) is 15.5. The predicted octanol–water partition coefficient (Wildman–Crippen LogP) is 4.39. The van der Waals surface area contributed by atoms with Crippen LogP contribution in [0.3, 0.4) is 0 Å². The zero-order valence-electron chi connectivity index (χ0n) is 15.5. The summed E-state index contributed by atoms with van der Waals surface area (Å²) in [5, 5.41) is 0. The number of hydrogen-bond acceptors (Lipinski definition) is 5. The van der Waals surface area contributed by atoms with Crippen LogP contribution >= 0.6 is 0 Å². The summed E-state index contributed by atoms with van der Waals surface area (Å²) in [7, 11) is 0. The SMILES string of the molecule is FC(F)(F)OC1=CC[CH]C(c2cc(N3CCOCC3)nc(-c3ccccc3)n2)=C1. The van der Waals surface area contributed by atoms with E-state index in [-0.39, 0.29) is 5.76 Å². The summed E-state index contributed by atoms with van der Waals surface area (Å²) in [5.74, 6) is 1.01. The molecule has 1 aromatic carbocycles. The second-order valence-corrected chi connectivity index (χ2v) is 6.59. The Bertz CT molecular complexity index is 921. The standard InChI is InChI=1S/C21H19F3N3O2/c22-21(23,24)29-17-8-4-7-16(13-17)18-14-19(27-9-11-28-12-10-27)26-20(25-18)15-5-2-1-3-6-15/h1-3,5-8,13-14H,4,9-12H2. The fourth-order valence-corrected chi connectivity index (χ4v) is 3.21. The molecular weight excluding hydrogens is 383 g/mol. The zero-order chi connectivity index (χ0) is 20.3. The van der Waals surface area contributed by atoms with Gasteiger partial charge in [0.15, 0.2) is 5.82 Å². The van der Waals surface area contributed by atoms with E-state index in [4.69, 9.17) is 9.72 Å². The highest BCUT2D eigenvalue weighted by atomic mass is 19.4. The van der Waals surface area contributed by atoms with E-state index in [2.05, 4.69) is 14.6 Å². The maximum atomic E-state index is 12.6. The lowest BCUT2D eigenvalue weighted by atomic mass is 10.0. The quantitative estimate of drug-likeness (QED) is 0.759. The van der Waals surface area contributed by atoms with Crippen molar-refractivity contribution in [3.63, 3.8) is 0 Å². The first-order chi connectivity index (χ1) is 14.0. The first-order valence-electron chi connectivity index (χ1n) is 9.26. The third-order valence-electron chi connectivity index (χ3n) is 4.56. The second-order valence-electron chi connectivity index (χ2n) is 6.59. The van der Waals surface area contributed by atoms with Crippen LogP contribution in [0.1, 0.15) is 12.1 Å². The molecule has 151 valence electrons. The molecule has 0 N–H and O–H groups in total. The first-order valence-corrected chi connectivity index (χ1v) is 9.26. The van der Waals surface area contributed by atoms with Crippen molar-refractivity contribution in [1.29, 1.82) is 0 Å². The second kappa shape index (κ2) is 8.24. The Balaban J connectivity index is 1.73. The van der Waals surface area contributed by atoms with Gasteiger partial charge in [0.25, 0.3) is 0 Å². The minimum absolute atomic E-state index is 0.234. The van der Waals surface area contributed by atoms with Crippen LogP contribution in [-0.4, -0.2) is 42.6 Å². The molecule has 1 fully saturated rings. The lowest BCUT2D eigenvalue weighted by Gasteiger charge is -2.28. The topological polar surface area (TPSA) is 47.5 Å². The molecule has 0 amide bonds. The molecule has 1 saturated heterocycles. The molecule has 1 aromatic heterocycles. The van der Waals surface area contributed by atoms with Crippen molar-refractivity contribution >= 4 is 11.4 Å². The van der Waals surface area contributed by atoms with Gasteiger partial charge >= 0.3 is 6.36 Å². The monoisotopic (exact) mass is 402 g/mol. The third kappa shape index (κ3) is 4.95. The first kappa shape index (κ1) is 19.4. The molecule has 0 unspecified atom stereocenters. The van der Waals surface area contributed by atoms with Gasteiger partial charge in [-0.15, -0.1) is 13.2 Å². The van der Waals surface area contributed by atoms with Gasteiger partial charge in [0.2, 0.25) is 0 Å². The van der Waals surface area contributed by atoms with E-state index < -0.39 is 6.36 Å². The van der Waals surface area contributed by atoms with Crippen LogP contribution in [0, 0.1) is 6.42 Å². The van der Waals surface area contributed by atoms with E-state index in [0.717, 1.165) is 11.4 Å². The number of ether oxygens (including phenoxy) is 2. The van der Waals surface area contributed by atoms with Gasteiger partial charge in [-0.1, -0.05) is 30.3 Å². The van der Waals surface area contributed by atoms with E-state index in [0.29, 0.717) is 49.8 Å². The maximum absolute atomic E-state index is 12.6. The average Bonchev–Trinajstić information content (AvgIpc) is 2.74. The third-order valence-corrected chi connectivity index (χ3v) is 4.56. The lowest BCUT2D eigenvalue weighted by Crippen LogP contribution is -2.37. The Labute approximate surface area is 166 Å². The summed E-state index contributed by atoms with van der Waals surface area (Å²) < 4.78 is 47.3. The van der Waals surface area contributed by atoms with Crippen molar-refractivity contribution < 1.29 is 22.6 Å². The molecule has 0 atom stereocenters. The van der Waals surface area contributed by atoms with Crippen molar-refractivity contribution in [3.8, 4) is 11.4 Å². The molecule has 1 radical (unpaired) electrons. The van der Waals surface area contributed by atoms with Crippen molar-refractivity contribution in [2.75, 3.05) is 31.2 Å². The molecule has 2 aliphatic rings. The Morgan fingerprint density at radius 2 is 1.79 bits per heavy atom. The molecule has 8 heteroatoms. The average molecular weight is 402 g/mol. The number of allylic oxidation sites excluding steroid dienone is 3. The number of morpholine rings is 1. The maximum Gasteiger partial charge on any atom is 0.573 e. The van der Waals surface area contributed by atoms with E-state index in [9.17, 15) is 13.2 Å². The van der Waals surface area contributed by atoms with Crippen molar-refractivity contribution in [1.82, 2.24) is 9.97 Å². The Morgan fingerprint density at radius 1 is 1.03 bits per heavy atom. The molecule has 2 aromatic rings. The molecule has 29 heavy (non-hydrogen) atoms. The van der Waals surface area contributed by atoms with E-state index >= 15 is 0 Å². The Hall–Kier alpha value is -2.87. The number of benzene rings is 1. The van der Waals surface area contributed by atoms with Gasteiger partial charge in [-0.25, -0.2) is 9.97 Å². The van der Waals surface area contributed by atoms with Crippen LogP contribution in [0.5, 0.6) is 0 Å². The van der Waals surface area contributed by atoms with Gasteiger partial charge in [0, 0.05) is 24.7 Å². The van der Waals surface area contributed by atoms with Crippen molar-refractivity contribution in [2.24, 2.45) is 0 Å². The molecule has 2 heterocycles. The van der Waals surface area contributed by atoms with Crippen molar-refractivity contribution in [3.05, 3.63) is 66.4 Å². The van der Waals surface area contributed by atoms with Gasteiger partial charge in [-0.3, -0.25) is 0 Å². The number of hydrogen-bond donors (Lipinski definition) is 0. The van der Waals surface area contributed by atoms with Crippen molar-refractivity contribution in [2.45, 2.75) is 12.8 Å². The molecule has 0 spiro atoms. The van der Waals surface area contributed by atoms with E-state index in [1.807, 2.05) is 36.8 Å². The van der Waals surface area contributed by atoms with Crippen LogP contribution < -0.4 is 4.90 Å². The number of halogens is 3. The number of rotatable bonds is 4. The van der Waals surface area contributed by atoms with Crippen LogP contribution in [0.25, 0.3) is 17.0 Å². The summed E-state index contributed by atoms with van der Waals surface area (Å²) in [5.41, 5.74) is 1.96. The minimum Gasteiger partial charge on any atom is -0.406 e. The number of alkyl halides is 3. The summed E-state index contributed by atoms with van der Waals surface area (Å²) in [6, 6.07) is 11.3. The van der Waals surface area contributed by atoms with Crippen LogP contribution in [0.2, 0.25) is 0 Å². The Morgan fingerprint density at radius 3 is 2.52 bits per heavy atom. The van der Waals surface area contributed by atoms with Gasteiger partial charge in [-0.05, 0) is 30.6 Å². The van der Waals surface area contributed by atoms with Gasteiger partial charge in [-0.2, -0.15) is 0 Å². The smallest absolute Gasteiger partial charge is 0.406 e. The van der Waals surface area contributed by atoms with Gasteiger partial charge < -0.3 is 14.4 Å². The van der Waals surface area contributed by atoms with E-state index in [1.54, 1.807) is 6.07 Å². The molecule has 0 saturated carbocycles. The van der Waals surface area contributed by atoms with Crippen LogP contribution in [0.4, 0.5) is 19.0 Å². The highest BCUT2D eigenvalue weighted by Crippen LogP contribution is 2.31. The fourth-order valence-electron chi connectivity index (χ4n) is 3.21. The molecule has 0 bridgehead atoms. The predicted molar refractivity (Wildman–Crippen MR) is 103 cm³/mol. The summed E-state index contributed by atoms with van der Waals surface area (Å²) in [6.07, 6.45) is 0.166. The molecule has 5 nitrogen and oxygen atoms in total. The number of anilines is 1. The lowest BCUT2D eigenvalue weighted by molar-refractivity contribution is -0.303. The largest absolute Gasteiger partial charge is 0.573 e. The van der Waals surface area contributed by atoms with Crippen LogP contribution in [-0.2, 0) is 9.47 Å². The molecule has 1 aliphatic carbocycles. The minimum atomic E-state index is -4.73. The van der Waals surface area contributed by atoms with Gasteiger partial charge in [0.1, 0.15) is 11.6 Å². The summed E-state index contributed by atoms with van der Waals surface area (Å²) >= 11 is 0. The summed E-state index contributed by atoms with van der Waals surface area (Å²) in [4.78, 5) is 11.4. The normalized spacial score (nSPS) is 17.6. The highest BCUT2D eigenvalue weighted by Gasteiger charge is 2.32. The molecule has 4 rings (SSSR count). The number of aromatic nitrogens is 2. The van der Waals surface area contributed by atoms with Crippen LogP contribution in [0.15, 0.2) is 54.3 Å². The highest BCUT2D eigenvalue weighted by molar-refractivity contribution is 5.76. The molecular formula is C21H19F3N3O2. The molecule has 1 aliphatic heterocycles. The Kier molecular flexibility index (Phi) is 5.53. The fraction of sp³-hybridized carbons (Fsp3) is 0.286. The van der Waals surface area contributed by atoms with Gasteiger partial charge in [0.05, 0.1) is 18.9 Å². The van der Waals surface area contributed by atoms with E-state index in [1.165, 1.54) is 12.2 Å². The number of nitrogens with zero attached hydrogens (tertiary/aromatic N) is 3.